The van der Waals surface area contributed by atoms with Crippen LogP contribution in [0, 0.1) is 0 Å². The van der Waals surface area contributed by atoms with Crippen LogP contribution in [0.15, 0.2) is 116 Å². The molecule has 8 rings (SSSR count). The molecule has 4 heteroatoms. The van der Waals surface area contributed by atoms with Gasteiger partial charge in [-0.1, -0.05) is 66.7 Å². The molecule has 0 atom stereocenters. The van der Waals surface area contributed by atoms with Gasteiger partial charge in [-0.3, -0.25) is 9.97 Å². The summed E-state index contributed by atoms with van der Waals surface area (Å²) in [5.41, 5.74) is 10.00. The number of thiophene rings is 1. The van der Waals surface area contributed by atoms with Crippen molar-refractivity contribution >= 4 is 31.5 Å². The molecular weight excluding hydrogens is 458 g/mol. The molecule has 0 spiro atoms. The molecule has 1 aliphatic rings. The first-order chi connectivity index (χ1) is 17.9. The maximum atomic E-state index is 4.83. The van der Waals surface area contributed by atoms with E-state index in [1.54, 1.807) is 0 Å². The molecule has 3 nitrogen and oxygen atoms in total. The van der Waals surface area contributed by atoms with Gasteiger partial charge in [0.25, 0.3) is 0 Å². The topological polar surface area (TPSA) is 30.7 Å². The maximum absolute atomic E-state index is 4.83. The summed E-state index contributed by atoms with van der Waals surface area (Å²) in [6, 6.07) is 32.3. The van der Waals surface area contributed by atoms with Crippen LogP contribution in [0.2, 0.25) is 0 Å². The lowest BCUT2D eigenvalue weighted by molar-refractivity contribution is 1.10. The summed E-state index contributed by atoms with van der Waals surface area (Å²) in [5.74, 6) is 0. The van der Waals surface area contributed by atoms with E-state index in [9.17, 15) is 0 Å². The van der Waals surface area contributed by atoms with Gasteiger partial charge in [0.05, 0.1) is 21.8 Å². The molecule has 0 amide bonds. The zero-order chi connectivity index (χ0) is 23.6. The fourth-order valence-electron chi connectivity index (χ4n) is 5.53. The van der Waals surface area contributed by atoms with E-state index in [0.29, 0.717) is 0 Å². The van der Waals surface area contributed by atoms with Crippen molar-refractivity contribution < 1.29 is 0 Å². The van der Waals surface area contributed by atoms with E-state index >= 15 is 0 Å². The Bertz CT molecular complexity index is 1880. The second kappa shape index (κ2) is 7.48. The molecule has 4 heterocycles. The number of hydrogen-bond donors (Lipinski definition) is 0. The van der Waals surface area contributed by atoms with Gasteiger partial charge in [-0.05, 0) is 35.4 Å². The summed E-state index contributed by atoms with van der Waals surface area (Å²) < 4.78 is 4.90. The van der Waals surface area contributed by atoms with Gasteiger partial charge in [-0.25, -0.2) is 0 Å². The van der Waals surface area contributed by atoms with Gasteiger partial charge in [-0.15, -0.1) is 11.3 Å². The van der Waals surface area contributed by atoms with Crippen LogP contribution in [-0.4, -0.2) is 14.5 Å². The number of nitrogens with zero attached hydrogens (tertiary/aromatic N) is 3. The second-order valence-corrected chi connectivity index (χ2v) is 10.1. The molecule has 36 heavy (non-hydrogen) atoms. The Morgan fingerprint density at radius 2 is 1.08 bits per heavy atom. The van der Waals surface area contributed by atoms with Crippen molar-refractivity contribution in [1.82, 2.24) is 14.5 Å². The van der Waals surface area contributed by atoms with E-state index in [2.05, 4.69) is 95.8 Å². The monoisotopic (exact) mass is 477 g/mol. The van der Waals surface area contributed by atoms with Crippen LogP contribution in [0.1, 0.15) is 0 Å². The third-order valence-electron chi connectivity index (χ3n) is 7.13. The zero-order valence-corrected chi connectivity index (χ0v) is 20.0. The predicted octanol–water partition coefficient (Wildman–Crippen LogP) is 8.62. The van der Waals surface area contributed by atoms with Gasteiger partial charge >= 0.3 is 0 Å². The molecule has 7 aromatic rings. The van der Waals surface area contributed by atoms with Crippen molar-refractivity contribution in [2.24, 2.45) is 0 Å². The fourth-order valence-corrected chi connectivity index (χ4v) is 6.75. The standard InChI is InChI=1S/C32H19N3S/c1-2-9-21-20(8-1)23-12-6-16-33-30(23)31-24(13-7-17-34-31)27-19-35(18-26(21)27)28-14-5-11-25-22-10-3-4-15-29(22)36-32(25)28/h1-19H. The fraction of sp³-hybridized carbons (Fsp3) is 0. The molecule has 0 fully saturated rings. The molecule has 0 saturated heterocycles. The van der Waals surface area contributed by atoms with Crippen molar-refractivity contribution in [3.8, 4) is 50.5 Å². The van der Waals surface area contributed by atoms with Crippen LogP contribution in [-0.2, 0) is 0 Å². The van der Waals surface area contributed by atoms with Crippen LogP contribution < -0.4 is 0 Å². The lowest BCUT2D eigenvalue weighted by atomic mass is 9.86. The van der Waals surface area contributed by atoms with Gasteiger partial charge < -0.3 is 4.57 Å². The Morgan fingerprint density at radius 1 is 0.500 bits per heavy atom. The highest BCUT2D eigenvalue weighted by Crippen LogP contribution is 2.47. The van der Waals surface area contributed by atoms with Gasteiger partial charge in [-0.2, -0.15) is 0 Å². The molecule has 3 aromatic carbocycles. The number of aromatic nitrogens is 3. The molecule has 0 unspecified atom stereocenters. The summed E-state index contributed by atoms with van der Waals surface area (Å²) in [4.78, 5) is 9.62. The van der Waals surface area contributed by atoms with Crippen molar-refractivity contribution in [3.05, 3.63) is 116 Å². The lowest BCUT2D eigenvalue weighted by Crippen LogP contribution is -1.98. The van der Waals surface area contributed by atoms with Crippen molar-refractivity contribution in [3.63, 3.8) is 0 Å². The first kappa shape index (κ1) is 19.7. The lowest BCUT2D eigenvalue weighted by Gasteiger charge is -2.18. The minimum absolute atomic E-state index is 0.918. The molecular formula is C32H19N3S. The second-order valence-electron chi connectivity index (χ2n) is 9.09. The average Bonchev–Trinajstić information content (AvgIpc) is 3.54. The molecule has 168 valence electrons. The minimum atomic E-state index is 0.918. The summed E-state index contributed by atoms with van der Waals surface area (Å²) in [6.07, 6.45) is 8.26. The minimum Gasteiger partial charge on any atom is -0.321 e. The van der Waals surface area contributed by atoms with Crippen LogP contribution in [0.25, 0.3) is 70.6 Å². The highest BCUT2D eigenvalue weighted by atomic mass is 32.1. The van der Waals surface area contributed by atoms with Gasteiger partial charge in [0, 0.05) is 62.5 Å². The number of pyridine rings is 2. The molecule has 0 N–H and O–H groups in total. The van der Waals surface area contributed by atoms with Gasteiger partial charge in [0.15, 0.2) is 0 Å². The van der Waals surface area contributed by atoms with Crippen LogP contribution in [0.5, 0.6) is 0 Å². The van der Waals surface area contributed by atoms with Crippen LogP contribution >= 0.6 is 11.3 Å². The largest absolute Gasteiger partial charge is 0.321 e. The Labute approximate surface area is 212 Å². The van der Waals surface area contributed by atoms with Crippen molar-refractivity contribution in [2.45, 2.75) is 0 Å². The van der Waals surface area contributed by atoms with Crippen molar-refractivity contribution in [1.29, 1.82) is 0 Å². The van der Waals surface area contributed by atoms with E-state index in [1.165, 1.54) is 48.1 Å². The van der Waals surface area contributed by atoms with Gasteiger partial charge in [0.2, 0.25) is 0 Å². The average molecular weight is 478 g/mol. The van der Waals surface area contributed by atoms with E-state index in [0.717, 1.165) is 22.5 Å². The number of fused-ring (bicyclic) bond motifs is 11. The Balaban J connectivity index is 1.47. The van der Waals surface area contributed by atoms with Crippen molar-refractivity contribution in [2.75, 3.05) is 0 Å². The van der Waals surface area contributed by atoms with Crippen LogP contribution in [0.4, 0.5) is 0 Å². The zero-order valence-electron chi connectivity index (χ0n) is 19.2. The summed E-state index contributed by atoms with van der Waals surface area (Å²) in [6.45, 7) is 0. The third kappa shape index (κ3) is 2.73. The van der Waals surface area contributed by atoms with E-state index in [4.69, 9.17) is 9.97 Å². The first-order valence-electron chi connectivity index (χ1n) is 12.0. The maximum Gasteiger partial charge on any atom is 0.0971 e. The smallest absolute Gasteiger partial charge is 0.0971 e. The highest BCUT2D eigenvalue weighted by Gasteiger charge is 2.25. The predicted molar refractivity (Wildman–Crippen MR) is 150 cm³/mol. The van der Waals surface area contributed by atoms with Crippen LogP contribution in [0.3, 0.4) is 0 Å². The molecule has 1 aliphatic carbocycles. The molecule has 0 radical (unpaired) electrons. The SMILES string of the molecule is c1ccc2c(c1)-c1cn(-c3cccc4c3sc3ccccc34)cc1-c1cccnc1-c1ncccc1-2. The summed E-state index contributed by atoms with van der Waals surface area (Å²) >= 11 is 1.86. The summed E-state index contributed by atoms with van der Waals surface area (Å²) in [5, 5.41) is 2.61. The Kier molecular flexibility index (Phi) is 4.10. The molecule has 0 saturated carbocycles. The number of hydrogen-bond acceptors (Lipinski definition) is 3. The quantitative estimate of drug-likeness (QED) is 0.237. The summed E-state index contributed by atoms with van der Waals surface area (Å²) in [7, 11) is 0. The molecule has 0 aliphatic heterocycles. The molecule has 0 bridgehead atoms. The first-order valence-corrected chi connectivity index (χ1v) is 12.8. The van der Waals surface area contributed by atoms with E-state index in [-0.39, 0.29) is 0 Å². The highest BCUT2D eigenvalue weighted by molar-refractivity contribution is 7.26. The van der Waals surface area contributed by atoms with E-state index < -0.39 is 0 Å². The molecule has 4 aromatic heterocycles. The number of rotatable bonds is 1. The number of benzene rings is 3. The van der Waals surface area contributed by atoms with E-state index in [1.807, 2.05) is 35.9 Å². The Morgan fingerprint density at radius 3 is 1.86 bits per heavy atom. The third-order valence-corrected chi connectivity index (χ3v) is 8.33. The van der Waals surface area contributed by atoms with Gasteiger partial charge in [0.1, 0.15) is 0 Å². The normalized spacial score (nSPS) is 11.9. The Hall–Kier alpha value is -4.54.